The second-order valence-corrected chi connectivity index (χ2v) is 4.69. The van der Waals surface area contributed by atoms with Crippen LogP contribution in [-0.2, 0) is 16.0 Å². The molecule has 0 aromatic heterocycles. The number of hydrogen-bond acceptors (Lipinski definition) is 3. The van der Waals surface area contributed by atoms with E-state index in [9.17, 15) is 13.6 Å². The second-order valence-electron chi connectivity index (χ2n) is 4.69. The number of carbonyl (C=O) groups excluding carboxylic acids is 1. The highest BCUT2D eigenvalue weighted by molar-refractivity contribution is 5.73. The van der Waals surface area contributed by atoms with Crippen LogP contribution >= 0.6 is 0 Å². The molecule has 0 bridgehead atoms. The van der Waals surface area contributed by atoms with E-state index in [4.69, 9.17) is 10.5 Å². The highest BCUT2D eigenvalue weighted by Crippen LogP contribution is 2.20. The number of hydrogen-bond donors (Lipinski definition) is 1. The van der Waals surface area contributed by atoms with Crippen LogP contribution in [0.1, 0.15) is 26.3 Å². The first-order valence-electron chi connectivity index (χ1n) is 5.15. The summed E-state index contributed by atoms with van der Waals surface area (Å²) in [4.78, 5) is 11.4. The van der Waals surface area contributed by atoms with Crippen LogP contribution in [0.3, 0.4) is 0 Å². The standard InChI is InChI=1S/C12H15F2NO2/c1-12(2,3)17-10(16)6-7-8(13)4-5-9(15)11(7)14/h4-5H,6,15H2,1-3H3. The van der Waals surface area contributed by atoms with Crippen molar-refractivity contribution in [1.29, 1.82) is 0 Å². The van der Waals surface area contributed by atoms with Crippen LogP contribution < -0.4 is 5.73 Å². The molecule has 3 nitrogen and oxygen atoms in total. The summed E-state index contributed by atoms with van der Waals surface area (Å²) in [6.07, 6.45) is -0.472. The van der Waals surface area contributed by atoms with E-state index in [1.54, 1.807) is 20.8 Å². The number of halogens is 2. The van der Waals surface area contributed by atoms with E-state index in [0.29, 0.717) is 0 Å². The van der Waals surface area contributed by atoms with E-state index in [1.165, 1.54) is 0 Å². The lowest BCUT2D eigenvalue weighted by molar-refractivity contribution is -0.154. The molecule has 2 N–H and O–H groups in total. The number of esters is 1. The van der Waals surface area contributed by atoms with E-state index in [0.717, 1.165) is 12.1 Å². The monoisotopic (exact) mass is 243 g/mol. The van der Waals surface area contributed by atoms with Crippen molar-refractivity contribution in [2.24, 2.45) is 0 Å². The topological polar surface area (TPSA) is 52.3 Å². The van der Waals surface area contributed by atoms with Crippen molar-refractivity contribution >= 4 is 11.7 Å². The van der Waals surface area contributed by atoms with Crippen LogP contribution in [0.15, 0.2) is 12.1 Å². The highest BCUT2D eigenvalue weighted by atomic mass is 19.1. The molecular weight excluding hydrogens is 228 g/mol. The molecule has 0 saturated heterocycles. The molecule has 0 atom stereocenters. The molecule has 0 fully saturated rings. The minimum atomic E-state index is -0.907. The molecule has 5 heteroatoms. The molecule has 0 unspecified atom stereocenters. The lowest BCUT2D eigenvalue weighted by Crippen LogP contribution is -2.25. The number of rotatable bonds is 2. The van der Waals surface area contributed by atoms with Crippen LogP contribution in [0.2, 0.25) is 0 Å². The Labute approximate surface area is 98.6 Å². The number of benzene rings is 1. The molecule has 0 radical (unpaired) electrons. The van der Waals surface area contributed by atoms with Gasteiger partial charge in [-0.25, -0.2) is 8.78 Å². The van der Waals surface area contributed by atoms with Crippen molar-refractivity contribution < 1.29 is 18.3 Å². The van der Waals surface area contributed by atoms with Crippen LogP contribution in [0.5, 0.6) is 0 Å². The molecule has 0 aliphatic carbocycles. The summed E-state index contributed by atoms with van der Waals surface area (Å²) in [7, 11) is 0. The minimum Gasteiger partial charge on any atom is -0.460 e. The second kappa shape index (κ2) is 4.69. The summed E-state index contributed by atoms with van der Waals surface area (Å²) >= 11 is 0. The van der Waals surface area contributed by atoms with Gasteiger partial charge in [-0.15, -0.1) is 0 Å². The fourth-order valence-corrected chi connectivity index (χ4v) is 1.30. The van der Waals surface area contributed by atoms with Crippen molar-refractivity contribution in [2.75, 3.05) is 5.73 Å². The molecule has 0 heterocycles. The van der Waals surface area contributed by atoms with E-state index in [2.05, 4.69) is 0 Å². The molecule has 0 amide bonds. The van der Waals surface area contributed by atoms with Crippen LogP contribution in [-0.4, -0.2) is 11.6 Å². The first-order valence-corrected chi connectivity index (χ1v) is 5.15. The number of nitrogen functional groups attached to an aromatic ring is 1. The molecule has 1 aromatic rings. The Morgan fingerprint density at radius 2 is 1.94 bits per heavy atom. The average Bonchev–Trinajstić information content (AvgIpc) is 2.16. The minimum absolute atomic E-state index is 0.190. The van der Waals surface area contributed by atoms with Gasteiger partial charge in [0.05, 0.1) is 12.1 Å². The molecule has 17 heavy (non-hydrogen) atoms. The van der Waals surface area contributed by atoms with Crippen LogP contribution in [0.4, 0.5) is 14.5 Å². The molecule has 0 spiro atoms. The summed E-state index contributed by atoms with van der Waals surface area (Å²) in [6.45, 7) is 5.03. The Balaban J connectivity index is 2.89. The maximum absolute atomic E-state index is 13.5. The largest absolute Gasteiger partial charge is 0.460 e. The van der Waals surface area contributed by atoms with Gasteiger partial charge in [-0.05, 0) is 32.9 Å². The molecule has 0 aliphatic rings. The van der Waals surface area contributed by atoms with Gasteiger partial charge < -0.3 is 10.5 Å². The van der Waals surface area contributed by atoms with E-state index in [1.807, 2.05) is 0 Å². The Bertz CT molecular complexity index is 439. The maximum atomic E-state index is 13.5. The smallest absolute Gasteiger partial charge is 0.311 e. The van der Waals surface area contributed by atoms with Gasteiger partial charge >= 0.3 is 5.97 Å². The van der Waals surface area contributed by atoms with Crippen molar-refractivity contribution in [2.45, 2.75) is 32.8 Å². The SMILES string of the molecule is CC(C)(C)OC(=O)Cc1c(F)ccc(N)c1F. The third kappa shape index (κ3) is 3.69. The normalized spacial score (nSPS) is 11.4. The Morgan fingerprint density at radius 3 is 2.47 bits per heavy atom. The Morgan fingerprint density at radius 1 is 1.35 bits per heavy atom. The van der Waals surface area contributed by atoms with Gasteiger partial charge in [0.15, 0.2) is 5.82 Å². The summed E-state index contributed by atoms with van der Waals surface area (Å²) in [5, 5.41) is 0. The Hall–Kier alpha value is -1.65. The predicted octanol–water partition coefficient (Wildman–Crippen LogP) is 2.43. The van der Waals surface area contributed by atoms with Crippen molar-refractivity contribution in [3.63, 3.8) is 0 Å². The zero-order valence-corrected chi connectivity index (χ0v) is 10.0. The van der Waals surface area contributed by atoms with Crippen molar-refractivity contribution in [3.05, 3.63) is 29.3 Å². The molecule has 0 saturated carbocycles. The lowest BCUT2D eigenvalue weighted by atomic mass is 10.1. The summed E-state index contributed by atoms with van der Waals surface area (Å²) in [6, 6.07) is 2.14. The number of anilines is 1. The third-order valence-electron chi connectivity index (χ3n) is 1.96. The molecule has 94 valence electrons. The van der Waals surface area contributed by atoms with E-state index >= 15 is 0 Å². The van der Waals surface area contributed by atoms with Gasteiger partial charge in [0, 0.05) is 5.56 Å². The van der Waals surface area contributed by atoms with Crippen molar-refractivity contribution in [3.8, 4) is 0 Å². The molecule has 1 aromatic carbocycles. The van der Waals surface area contributed by atoms with Gasteiger partial charge in [-0.3, -0.25) is 4.79 Å². The average molecular weight is 243 g/mol. The first-order chi connectivity index (χ1) is 7.70. The van der Waals surface area contributed by atoms with E-state index < -0.39 is 29.6 Å². The predicted molar refractivity (Wildman–Crippen MR) is 60.3 cm³/mol. The number of ether oxygens (including phenoxy) is 1. The zero-order chi connectivity index (χ0) is 13.2. The van der Waals surface area contributed by atoms with Crippen molar-refractivity contribution in [1.82, 2.24) is 0 Å². The van der Waals surface area contributed by atoms with Gasteiger partial charge in [0.1, 0.15) is 11.4 Å². The quantitative estimate of drug-likeness (QED) is 0.641. The molecule has 1 rings (SSSR count). The third-order valence-corrected chi connectivity index (χ3v) is 1.96. The van der Waals surface area contributed by atoms with Gasteiger partial charge in [0.2, 0.25) is 0 Å². The van der Waals surface area contributed by atoms with Gasteiger partial charge in [0.25, 0.3) is 0 Å². The van der Waals surface area contributed by atoms with Gasteiger partial charge in [-0.2, -0.15) is 0 Å². The first kappa shape index (κ1) is 13.4. The maximum Gasteiger partial charge on any atom is 0.311 e. The Kier molecular flexibility index (Phi) is 3.70. The lowest BCUT2D eigenvalue weighted by Gasteiger charge is -2.19. The summed E-state index contributed by atoms with van der Waals surface area (Å²) < 4.78 is 31.8. The fourth-order valence-electron chi connectivity index (χ4n) is 1.30. The fraction of sp³-hybridized carbons (Fsp3) is 0.417. The highest BCUT2D eigenvalue weighted by Gasteiger charge is 2.20. The van der Waals surface area contributed by atoms with Gasteiger partial charge in [-0.1, -0.05) is 0 Å². The number of nitrogens with two attached hydrogens (primary N) is 1. The zero-order valence-electron chi connectivity index (χ0n) is 10.0. The van der Waals surface area contributed by atoms with Crippen LogP contribution in [0.25, 0.3) is 0 Å². The molecule has 0 aliphatic heterocycles. The van der Waals surface area contributed by atoms with Crippen LogP contribution in [0, 0.1) is 11.6 Å². The van der Waals surface area contributed by atoms with E-state index in [-0.39, 0.29) is 11.3 Å². The number of carbonyl (C=O) groups is 1. The molecular formula is C12H15F2NO2. The summed E-state index contributed by atoms with van der Waals surface area (Å²) in [5.41, 5.74) is 4.06. The summed E-state index contributed by atoms with van der Waals surface area (Å²) in [5.74, 6) is -2.40.